The Morgan fingerprint density at radius 1 is 1.32 bits per heavy atom. The van der Waals surface area contributed by atoms with Crippen LogP contribution in [-0.4, -0.2) is 13.4 Å². The Bertz CT molecular complexity index is 722. The van der Waals surface area contributed by atoms with Crippen LogP contribution in [0.3, 0.4) is 0 Å². The van der Waals surface area contributed by atoms with Crippen LogP contribution in [0, 0.1) is 0 Å². The number of nitrogen functional groups attached to an aromatic ring is 1. The fourth-order valence-corrected chi connectivity index (χ4v) is 3.27. The number of rotatable bonds is 3. The normalized spacial score (nSPS) is 11.3. The van der Waals surface area contributed by atoms with E-state index in [4.69, 9.17) is 17.3 Å². The summed E-state index contributed by atoms with van der Waals surface area (Å²) in [6.07, 6.45) is 1.54. The van der Waals surface area contributed by atoms with E-state index >= 15 is 0 Å². The SMILES string of the molecule is Nc1cc(Cl)ccc1S(=O)(=O)Nc1cccnc1Br. The first-order valence-electron chi connectivity index (χ1n) is 5.08. The van der Waals surface area contributed by atoms with Crippen LogP contribution in [0.2, 0.25) is 5.02 Å². The van der Waals surface area contributed by atoms with Crippen LogP contribution < -0.4 is 10.5 Å². The van der Waals surface area contributed by atoms with E-state index < -0.39 is 10.0 Å². The summed E-state index contributed by atoms with van der Waals surface area (Å²) in [5.41, 5.74) is 6.08. The summed E-state index contributed by atoms with van der Waals surface area (Å²) in [4.78, 5) is 3.90. The zero-order valence-electron chi connectivity index (χ0n) is 9.47. The monoisotopic (exact) mass is 361 g/mol. The molecule has 0 saturated heterocycles. The summed E-state index contributed by atoms with van der Waals surface area (Å²) in [6.45, 7) is 0. The lowest BCUT2D eigenvalue weighted by Crippen LogP contribution is -2.15. The molecular weight excluding hydrogens is 354 g/mol. The molecular formula is C11H9BrClN3O2S. The van der Waals surface area contributed by atoms with Crippen molar-refractivity contribution in [3.63, 3.8) is 0 Å². The highest BCUT2D eigenvalue weighted by Gasteiger charge is 2.18. The van der Waals surface area contributed by atoms with Crippen LogP contribution in [0.25, 0.3) is 0 Å². The third-order valence-corrected chi connectivity index (χ3v) is 4.57. The molecule has 0 spiro atoms. The van der Waals surface area contributed by atoms with Gasteiger partial charge in [-0.25, -0.2) is 13.4 Å². The highest BCUT2D eigenvalue weighted by molar-refractivity contribution is 9.10. The van der Waals surface area contributed by atoms with Crippen LogP contribution in [0.15, 0.2) is 46.0 Å². The van der Waals surface area contributed by atoms with Gasteiger partial charge in [0.2, 0.25) is 0 Å². The van der Waals surface area contributed by atoms with E-state index in [1.54, 1.807) is 18.3 Å². The Kier molecular flexibility index (Phi) is 3.98. The molecule has 2 rings (SSSR count). The second-order valence-electron chi connectivity index (χ2n) is 3.63. The van der Waals surface area contributed by atoms with Gasteiger partial charge in [-0.15, -0.1) is 0 Å². The molecule has 0 fully saturated rings. The largest absolute Gasteiger partial charge is 0.398 e. The van der Waals surface area contributed by atoms with Crippen molar-refractivity contribution in [3.8, 4) is 0 Å². The average molecular weight is 363 g/mol. The van der Waals surface area contributed by atoms with E-state index in [1.807, 2.05) is 0 Å². The lowest BCUT2D eigenvalue weighted by Gasteiger charge is -2.11. The molecule has 2 aromatic rings. The van der Waals surface area contributed by atoms with Crippen molar-refractivity contribution in [2.24, 2.45) is 0 Å². The number of hydrogen-bond donors (Lipinski definition) is 2. The molecule has 100 valence electrons. The minimum absolute atomic E-state index is 0.0346. The van der Waals surface area contributed by atoms with Gasteiger partial charge in [0.05, 0.1) is 11.4 Å². The molecule has 0 aliphatic rings. The van der Waals surface area contributed by atoms with Crippen LogP contribution >= 0.6 is 27.5 Å². The maximum absolute atomic E-state index is 12.2. The first kappa shape index (κ1) is 14.1. The van der Waals surface area contributed by atoms with E-state index in [1.165, 1.54) is 18.2 Å². The summed E-state index contributed by atoms with van der Waals surface area (Å²) in [5.74, 6) is 0. The fraction of sp³-hybridized carbons (Fsp3) is 0. The summed E-state index contributed by atoms with van der Waals surface area (Å²) in [7, 11) is -3.79. The van der Waals surface area contributed by atoms with Crippen LogP contribution in [0.4, 0.5) is 11.4 Å². The first-order valence-corrected chi connectivity index (χ1v) is 7.74. The lowest BCUT2D eigenvalue weighted by molar-refractivity contribution is 0.601. The molecule has 1 aromatic heterocycles. The Labute approximate surface area is 124 Å². The number of anilines is 2. The highest BCUT2D eigenvalue weighted by atomic mass is 79.9. The quantitative estimate of drug-likeness (QED) is 0.649. The van der Waals surface area contributed by atoms with Crippen molar-refractivity contribution in [1.82, 2.24) is 4.98 Å². The molecule has 19 heavy (non-hydrogen) atoms. The van der Waals surface area contributed by atoms with Crippen molar-refractivity contribution < 1.29 is 8.42 Å². The lowest BCUT2D eigenvalue weighted by atomic mass is 10.3. The third kappa shape index (κ3) is 3.17. The molecule has 0 aliphatic heterocycles. The van der Waals surface area contributed by atoms with Gasteiger partial charge in [-0.2, -0.15) is 0 Å². The summed E-state index contributed by atoms with van der Waals surface area (Å²) in [6, 6.07) is 7.40. The summed E-state index contributed by atoms with van der Waals surface area (Å²) >= 11 is 8.90. The summed E-state index contributed by atoms with van der Waals surface area (Å²) in [5, 5.41) is 0.374. The average Bonchev–Trinajstić information content (AvgIpc) is 2.31. The third-order valence-electron chi connectivity index (χ3n) is 2.26. The van der Waals surface area contributed by atoms with Crippen molar-refractivity contribution in [1.29, 1.82) is 0 Å². The molecule has 0 radical (unpaired) electrons. The van der Waals surface area contributed by atoms with Gasteiger partial charge < -0.3 is 5.73 Å². The Hall–Kier alpha value is -1.31. The number of aromatic nitrogens is 1. The van der Waals surface area contributed by atoms with E-state index in [0.29, 0.717) is 15.3 Å². The highest BCUT2D eigenvalue weighted by Crippen LogP contribution is 2.26. The van der Waals surface area contributed by atoms with Crippen LogP contribution in [0.1, 0.15) is 0 Å². The minimum Gasteiger partial charge on any atom is -0.398 e. The summed E-state index contributed by atoms with van der Waals surface area (Å²) < 4.78 is 27.2. The number of hydrogen-bond acceptors (Lipinski definition) is 4. The Morgan fingerprint density at radius 2 is 2.05 bits per heavy atom. The standard InChI is InChI=1S/C11H9BrClN3O2S/c12-11-9(2-1-5-15-11)16-19(17,18)10-4-3-7(13)6-8(10)14/h1-6,16H,14H2. The number of sulfonamides is 1. The van der Waals surface area contributed by atoms with Gasteiger partial charge >= 0.3 is 0 Å². The Morgan fingerprint density at radius 3 is 2.68 bits per heavy atom. The zero-order chi connectivity index (χ0) is 14.0. The van der Waals surface area contributed by atoms with Gasteiger partial charge in [0.1, 0.15) is 9.50 Å². The maximum atomic E-state index is 12.2. The van der Waals surface area contributed by atoms with Gasteiger partial charge in [0, 0.05) is 11.2 Å². The molecule has 0 saturated carbocycles. The fourth-order valence-electron chi connectivity index (χ4n) is 1.43. The van der Waals surface area contributed by atoms with Crippen molar-refractivity contribution in [2.45, 2.75) is 4.90 Å². The van der Waals surface area contributed by atoms with Crippen molar-refractivity contribution >= 4 is 48.9 Å². The molecule has 0 atom stereocenters. The van der Waals surface area contributed by atoms with Gasteiger partial charge in [0.25, 0.3) is 10.0 Å². The first-order chi connectivity index (χ1) is 8.90. The second kappa shape index (κ2) is 5.36. The molecule has 8 heteroatoms. The van der Waals surface area contributed by atoms with Crippen molar-refractivity contribution in [2.75, 3.05) is 10.5 Å². The molecule has 5 nitrogen and oxygen atoms in total. The molecule has 0 aliphatic carbocycles. The zero-order valence-corrected chi connectivity index (χ0v) is 12.6. The van der Waals surface area contributed by atoms with E-state index in [-0.39, 0.29) is 10.6 Å². The number of pyridine rings is 1. The number of nitrogens with zero attached hydrogens (tertiary/aromatic N) is 1. The molecule has 1 heterocycles. The smallest absolute Gasteiger partial charge is 0.264 e. The molecule has 0 unspecified atom stereocenters. The number of benzene rings is 1. The molecule has 0 amide bonds. The molecule has 1 aromatic carbocycles. The van der Waals surface area contributed by atoms with Gasteiger partial charge in [-0.1, -0.05) is 11.6 Å². The minimum atomic E-state index is -3.79. The van der Waals surface area contributed by atoms with Gasteiger partial charge in [-0.3, -0.25) is 4.72 Å². The van der Waals surface area contributed by atoms with Gasteiger partial charge in [0.15, 0.2) is 0 Å². The molecule has 3 N–H and O–H groups in total. The predicted molar refractivity (Wildman–Crippen MR) is 78.6 cm³/mol. The van der Waals surface area contributed by atoms with Crippen molar-refractivity contribution in [3.05, 3.63) is 46.2 Å². The molecule has 0 bridgehead atoms. The number of nitrogens with two attached hydrogens (primary N) is 1. The predicted octanol–water partition coefficient (Wildman–Crippen LogP) is 2.88. The topological polar surface area (TPSA) is 85.1 Å². The van der Waals surface area contributed by atoms with Gasteiger partial charge in [-0.05, 0) is 46.3 Å². The number of halogens is 2. The van der Waals surface area contributed by atoms with Crippen LogP contribution in [-0.2, 0) is 10.0 Å². The maximum Gasteiger partial charge on any atom is 0.264 e. The van der Waals surface area contributed by atoms with E-state index in [0.717, 1.165) is 0 Å². The number of nitrogens with one attached hydrogen (secondary N) is 1. The second-order valence-corrected chi connectivity index (χ2v) is 6.47. The van der Waals surface area contributed by atoms with Crippen LogP contribution in [0.5, 0.6) is 0 Å². The van der Waals surface area contributed by atoms with E-state index in [2.05, 4.69) is 25.6 Å². The Balaban J connectivity index is 2.41. The van der Waals surface area contributed by atoms with E-state index in [9.17, 15) is 8.42 Å².